The van der Waals surface area contributed by atoms with Crippen LogP contribution in [0.3, 0.4) is 0 Å². The van der Waals surface area contributed by atoms with Crippen LogP contribution in [0.2, 0.25) is 0 Å². The van der Waals surface area contributed by atoms with E-state index >= 15 is 0 Å². The number of carbonyl (C=O) groups is 2. The van der Waals surface area contributed by atoms with Crippen LogP contribution in [0, 0.1) is 0 Å². The van der Waals surface area contributed by atoms with Gasteiger partial charge in [0.2, 0.25) is 0 Å². The number of urea groups is 1. The molecule has 1 saturated heterocycles. The van der Waals surface area contributed by atoms with Gasteiger partial charge in [-0.1, -0.05) is 42.5 Å². The van der Waals surface area contributed by atoms with Gasteiger partial charge in [0.25, 0.3) is 5.91 Å². The van der Waals surface area contributed by atoms with Crippen molar-refractivity contribution >= 4 is 11.9 Å². The molecular formula is C23H30N4O2. The summed E-state index contributed by atoms with van der Waals surface area (Å²) in [7, 11) is 1.62. The molecule has 0 atom stereocenters. The van der Waals surface area contributed by atoms with E-state index in [0.717, 1.165) is 38.0 Å². The largest absolute Gasteiger partial charge is 0.355 e. The van der Waals surface area contributed by atoms with Gasteiger partial charge in [0.1, 0.15) is 0 Å². The summed E-state index contributed by atoms with van der Waals surface area (Å²) in [5.74, 6) is -0.101. The van der Waals surface area contributed by atoms with Crippen molar-refractivity contribution in [2.24, 2.45) is 0 Å². The number of likely N-dealkylation sites (tertiary alicyclic amines) is 1. The highest BCUT2D eigenvalue weighted by atomic mass is 16.2. The minimum atomic E-state index is -0.117. The lowest BCUT2D eigenvalue weighted by Gasteiger charge is -2.32. The zero-order valence-corrected chi connectivity index (χ0v) is 17.0. The first-order valence-electron chi connectivity index (χ1n) is 10.3. The van der Waals surface area contributed by atoms with Gasteiger partial charge in [0.05, 0.1) is 0 Å². The Morgan fingerprint density at radius 3 is 2.45 bits per heavy atom. The molecule has 3 N–H and O–H groups in total. The molecule has 2 aromatic carbocycles. The fourth-order valence-corrected chi connectivity index (χ4v) is 3.65. The molecule has 1 aliphatic rings. The highest BCUT2D eigenvalue weighted by molar-refractivity contribution is 5.94. The summed E-state index contributed by atoms with van der Waals surface area (Å²) in [6, 6.07) is 18.1. The number of carbonyl (C=O) groups excluding carboxylic acids is 2. The molecule has 0 radical (unpaired) electrons. The molecule has 1 heterocycles. The van der Waals surface area contributed by atoms with Crippen LogP contribution < -0.4 is 16.0 Å². The molecule has 1 fully saturated rings. The van der Waals surface area contributed by atoms with Crippen LogP contribution in [0.15, 0.2) is 54.6 Å². The van der Waals surface area contributed by atoms with E-state index in [1.165, 1.54) is 5.56 Å². The third kappa shape index (κ3) is 6.61. The first-order chi connectivity index (χ1) is 14.1. The molecular weight excluding hydrogens is 364 g/mol. The van der Waals surface area contributed by atoms with Crippen LogP contribution in [0.4, 0.5) is 4.79 Å². The Balaban J connectivity index is 1.35. The number of amides is 3. The quantitative estimate of drug-likeness (QED) is 0.676. The Bertz CT molecular complexity index is 802. The van der Waals surface area contributed by atoms with Gasteiger partial charge in [-0.15, -0.1) is 0 Å². The van der Waals surface area contributed by atoms with Crippen LogP contribution in [0.1, 0.15) is 34.3 Å². The van der Waals surface area contributed by atoms with E-state index in [1.807, 2.05) is 24.3 Å². The molecule has 0 unspecified atom stereocenters. The van der Waals surface area contributed by atoms with Crippen LogP contribution in [-0.4, -0.2) is 49.6 Å². The van der Waals surface area contributed by atoms with E-state index in [-0.39, 0.29) is 18.0 Å². The van der Waals surface area contributed by atoms with Gasteiger partial charge in [-0.2, -0.15) is 0 Å². The maximum Gasteiger partial charge on any atom is 0.315 e. The van der Waals surface area contributed by atoms with E-state index in [2.05, 4.69) is 45.1 Å². The van der Waals surface area contributed by atoms with Crippen molar-refractivity contribution in [3.05, 3.63) is 71.3 Å². The van der Waals surface area contributed by atoms with E-state index in [4.69, 9.17) is 0 Å². The summed E-state index contributed by atoms with van der Waals surface area (Å²) in [5, 5.41) is 8.64. The second-order valence-corrected chi connectivity index (χ2v) is 7.47. The van der Waals surface area contributed by atoms with Crippen LogP contribution >= 0.6 is 0 Å². The summed E-state index contributed by atoms with van der Waals surface area (Å²) in [6.45, 7) is 3.49. The lowest BCUT2D eigenvalue weighted by molar-refractivity contribution is 0.0963. The normalized spacial score (nSPS) is 14.9. The number of benzene rings is 2. The summed E-state index contributed by atoms with van der Waals surface area (Å²) >= 11 is 0. The third-order valence-corrected chi connectivity index (χ3v) is 5.29. The monoisotopic (exact) mass is 394 g/mol. The Morgan fingerprint density at radius 1 is 1.00 bits per heavy atom. The molecule has 154 valence electrons. The Labute approximate surface area is 172 Å². The van der Waals surface area contributed by atoms with Gasteiger partial charge in [-0.25, -0.2) is 4.79 Å². The fraction of sp³-hybridized carbons (Fsp3) is 0.391. The molecule has 3 amide bonds. The summed E-state index contributed by atoms with van der Waals surface area (Å²) in [4.78, 5) is 26.3. The molecule has 0 bridgehead atoms. The number of rotatable bonds is 7. The second-order valence-electron chi connectivity index (χ2n) is 7.47. The smallest absolute Gasteiger partial charge is 0.315 e. The van der Waals surface area contributed by atoms with Crippen LogP contribution in [-0.2, 0) is 13.0 Å². The SMILES string of the molecule is CNC(=O)c1cccc(CCNC(=O)NC2CCN(Cc3ccccc3)CC2)c1. The van der Waals surface area contributed by atoms with Gasteiger partial charge in [-0.3, -0.25) is 9.69 Å². The first kappa shape index (κ1) is 20.9. The molecule has 29 heavy (non-hydrogen) atoms. The standard InChI is InChI=1S/C23H30N4O2/c1-24-22(28)20-9-5-8-18(16-20)10-13-25-23(29)26-21-11-14-27(15-12-21)17-19-6-3-2-4-7-19/h2-9,16,21H,10-15,17H2,1H3,(H,24,28)(H2,25,26,29). The van der Waals surface area contributed by atoms with Crippen molar-refractivity contribution < 1.29 is 9.59 Å². The minimum Gasteiger partial charge on any atom is -0.355 e. The van der Waals surface area contributed by atoms with Crippen molar-refractivity contribution in [1.29, 1.82) is 0 Å². The predicted molar refractivity (Wildman–Crippen MR) is 115 cm³/mol. The van der Waals surface area contributed by atoms with Crippen LogP contribution in [0.5, 0.6) is 0 Å². The Hall–Kier alpha value is -2.86. The van der Waals surface area contributed by atoms with Gasteiger partial charge < -0.3 is 16.0 Å². The number of piperidine rings is 1. The van der Waals surface area contributed by atoms with Crippen molar-refractivity contribution in [2.45, 2.75) is 31.8 Å². The Morgan fingerprint density at radius 2 is 1.72 bits per heavy atom. The average molecular weight is 395 g/mol. The third-order valence-electron chi connectivity index (χ3n) is 5.29. The maximum absolute atomic E-state index is 12.2. The number of hydrogen-bond acceptors (Lipinski definition) is 3. The topological polar surface area (TPSA) is 73.5 Å². The molecule has 6 heteroatoms. The van der Waals surface area contributed by atoms with Crippen molar-refractivity contribution in [3.63, 3.8) is 0 Å². The molecule has 0 spiro atoms. The van der Waals surface area contributed by atoms with E-state index in [9.17, 15) is 9.59 Å². The van der Waals surface area contributed by atoms with Crippen molar-refractivity contribution in [3.8, 4) is 0 Å². The van der Waals surface area contributed by atoms with E-state index in [1.54, 1.807) is 13.1 Å². The number of hydrogen-bond donors (Lipinski definition) is 3. The average Bonchev–Trinajstić information content (AvgIpc) is 2.75. The van der Waals surface area contributed by atoms with E-state index < -0.39 is 0 Å². The lowest BCUT2D eigenvalue weighted by atomic mass is 10.0. The van der Waals surface area contributed by atoms with E-state index in [0.29, 0.717) is 18.5 Å². The summed E-state index contributed by atoms with van der Waals surface area (Å²) in [6.07, 6.45) is 2.62. The highest BCUT2D eigenvalue weighted by Crippen LogP contribution is 2.13. The molecule has 0 aliphatic carbocycles. The maximum atomic E-state index is 12.2. The summed E-state index contributed by atoms with van der Waals surface area (Å²) < 4.78 is 0. The first-order valence-corrected chi connectivity index (χ1v) is 10.3. The molecule has 0 aromatic heterocycles. The minimum absolute atomic E-state index is 0.101. The number of nitrogens with one attached hydrogen (secondary N) is 3. The molecule has 6 nitrogen and oxygen atoms in total. The number of nitrogens with zero attached hydrogens (tertiary/aromatic N) is 1. The van der Waals surface area contributed by atoms with Gasteiger partial charge in [0, 0.05) is 44.8 Å². The summed E-state index contributed by atoms with van der Waals surface area (Å²) in [5.41, 5.74) is 2.99. The fourth-order valence-electron chi connectivity index (χ4n) is 3.65. The van der Waals surface area contributed by atoms with Crippen LogP contribution in [0.25, 0.3) is 0 Å². The second kappa shape index (κ2) is 10.6. The predicted octanol–water partition coefficient (Wildman–Crippen LogP) is 2.55. The molecule has 3 rings (SSSR count). The van der Waals surface area contributed by atoms with Gasteiger partial charge >= 0.3 is 6.03 Å². The molecule has 1 aliphatic heterocycles. The zero-order chi connectivity index (χ0) is 20.5. The zero-order valence-electron chi connectivity index (χ0n) is 17.0. The van der Waals surface area contributed by atoms with Gasteiger partial charge in [-0.05, 0) is 42.5 Å². The molecule has 2 aromatic rings. The van der Waals surface area contributed by atoms with Crippen molar-refractivity contribution in [1.82, 2.24) is 20.9 Å². The lowest BCUT2D eigenvalue weighted by Crippen LogP contribution is -2.48. The molecule has 0 saturated carbocycles. The Kier molecular flexibility index (Phi) is 7.64. The highest BCUT2D eigenvalue weighted by Gasteiger charge is 2.20. The van der Waals surface area contributed by atoms with Crippen molar-refractivity contribution in [2.75, 3.05) is 26.7 Å². The van der Waals surface area contributed by atoms with Gasteiger partial charge in [0.15, 0.2) is 0 Å².